The van der Waals surface area contributed by atoms with Crippen LogP contribution >= 0.6 is 0 Å². The Morgan fingerprint density at radius 3 is 1.46 bits per heavy atom. The number of amides is 4. The normalized spacial score (nSPS) is 14.9. The van der Waals surface area contributed by atoms with Crippen LogP contribution in [0, 0.1) is 61.3 Å². The van der Waals surface area contributed by atoms with Crippen molar-refractivity contribution in [3.05, 3.63) is 89.3 Å². The number of hydrogen-bond donors (Lipinski definition) is 4. The smallest absolute Gasteiger partial charge is 0.271 e. The van der Waals surface area contributed by atoms with Crippen molar-refractivity contribution in [3.63, 3.8) is 0 Å². The van der Waals surface area contributed by atoms with E-state index in [1.54, 1.807) is 45.3 Å². The molecule has 1 aliphatic heterocycles. The van der Waals surface area contributed by atoms with Gasteiger partial charge in [-0.15, -0.1) is 5.10 Å². The number of aromatic nitrogens is 16. The van der Waals surface area contributed by atoms with Crippen LogP contribution in [0.25, 0.3) is 61.2 Å². The monoisotopic (exact) mass is 1350 g/mol. The first kappa shape index (κ1) is 71.8. The van der Waals surface area contributed by atoms with Gasteiger partial charge in [-0.2, -0.15) is 0 Å². The summed E-state index contributed by atoms with van der Waals surface area (Å²) in [6, 6.07) is 17.6. The van der Waals surface area contributed by atoms with Gasteiger partial charge in [-0.3, -0.25) is 54.3 Å². The predicted molar refractivity (Wildman–Crippen MR) is 385 cm³/mol. The molecule has 1 saturated heterocycles. The highest BCUT2D eigenvalue weighted by molar-refractivity contribution is 5.95. The molecule has 2 saturated carbocycles. The lowest BCUT2D eigenvalue weighted by Crippen LogP contribution is -2.33. The summed E-state index contributed by atoms with van der Waals surface area (Å²) in [5, 5.41) is 23.8. The third kappa shape index (κ3) is 17.8. The minimum atomic E-state index is -0.113. The average Bonchev–Trinajstić information content (AvgIpc) is 1.66. The Morgan fingerprint density at radius 1 is 0.556 bits per heavy atom. The number of nitrogens with one attached hydrogen (secondary N) is 4. The molecule has 1 atom stereocenters. The van der Waals surface area contributed by atoms with Crippen molar-refractivity contribution < 1.29 is 23.7 Å². The van der Waals surface area contributed by atoms with Crippen molar-refractivity contribution >= 4 is 104 Å². The van der Waals surface area contributed by atoms with Crippen LogP contribution in [0.4, 0.5) is 35.4 Å². The van der Waals surface area contributed by atoms with Crippen LogP contribution in [-0.4, -0.2) is 115 Å². The molecule has 0 spiro atoms. The number of pyridine rings is 4. The first-order valence-electron chi connectivity index (χ1n) is 34.4. The third-order valence-corrected chi connectivity index (χ3v) is 17.6. The molecule has 10 aromatic rings. The topological polar surface area (TPSA) is 304 Å². The van der Waals surface area contributed by atoms with Gasteiger partial charge in [0.1, 0.15) is 27.9 Å². The summed E-state index contributed by atoms with van der Waals surface area (Å²) in [6.07, 6.45) is 12.2. The molecule has 524 valence electrons. The fourth-order valence-electron chi connectivity index (χ4n) is 11.6. The fourth-order valence-corrected chi connectivity index (χ4v) is 11.6. The maximum atomic E-state index is 12.5. The largest absolute Gasteiger partial charge is 0.361 e. The van der Waals surface area contributed by atoms with E-state index in [1.165, 1.54) is 25.7 Å². The van der Waals surface area contributed by atoms with Gasteiger partial charge in [0, 0.05) is 74.9 Å². The SMILES string of the molecule is CC1CCN(c2ccc3nc(NC(=O)CC(C)(C)C)n(C4CCC4)c3n2)CC1.Cc1cc(-n2c(NC(=O)CC(C)(C)C)nc3ccc(C)nc32)on1.Cc1ccc2nc(NC(=O)CC(C)(C)C)n(-c3cn(C)nn3)c2n1.[C-]#[N+]c1ccc2nc(NC(=O)[C@@H](C)C(C)C)n(C3CCC3)c2n1. The third-order valence-electron chi connectivity index (χ3n) is 17.6. The molecule has 0 bridgehead atoms. The molecule has 0 aromatic carbocycles. The summed E-state index contributed by atoms with van der Waals surface area (Å²) in [4.78, 5) is 92.1. The Hall–Kier alpha value is -10.0. The lowest BCUT2D eigenvalue weighted by Gasteiger charge is -2.32. The zero-order valence-corrected chi connectivity index (χ0v) is 60.4. The van der Waals surface area contributed by atoms with Crippen LogP contribution < -0.4 is 26.2 Å². The molecule has 2 aliphatic carbocycles. The molecule has 4 amide bonds. The number of nitrogens with zero attached hydrogens (tertiary/aromatic N) is 18. The molecule has 4 N–H and O–H groups in total. The van der Waals surface area contributed by atoms with Crippen molar-refractivity contribution in [2.45, 2.75) is 193 Å². The van der Waals surface area contributed by atoms with Gasteiger partial charge in [0.15, 0.2) is 22.8 Å². The number of carbonyl (C=O) groups is 4. The second-order valence-corrected chi connectivity index (χ2v) is 30.7. The Balaban J connectivity index is 0.000000143. The van der Waals surface area contributed by atoms with Gasteiger partial charge in [-0.1, -0.05) is 112 Å². The Labute approximate surface area is 578 Å². The molecular formula is C72H96N22O5. The molecule has 99 heavy (non-hydrogen) atoms. The van der Waals surface area contributed by atoms with Crippen molar-refractivity contribution in [2.24, 2.45) is 41.0 Å². The van der Waals surface area contributed by atoms with Gasteiger partial charge in [0.25, 0.3) is 11.5 Å². The molecular weight excluding hydrogens is 1250 g/mol. The molecule has 0 unspecified atom stereocenters. The van der Waals surface area contributed by atoms with Crippen LogP contribution in [-0.2, 0) is 26.2 Å². The lowest BCUT2D eigenvalue weighted by atomic mass is 9.92. The van der Waals surface area contributed by atoms with E-state index in [2.05, 4.69) is 121 Å². The van der Waals surface area contributed by atoms with E-state index in [9.17, 15) is 19.2 Å². The highest BCUT2D eigenvalue weighted by atomic mass is 16.5. The summed E-state index contributed by atoms with van der Waals surface area (Å²) >= 11 is 0. The van der Waals surface area contributed by atoms with E-state index < -0.39 is 0 Å². The number of imidazole rings is 4. The quantitative estimate of drug-likeness (QED) is 0.0735. The van der Waals surface area contributed by atoms with Crippen molar-refractivity contribution in [1.29, 1.82) is 0 Å². The number of rotatable bonds is 14. The second-order valence-electron chi connectivity index (χ2n) is 30.7. The number of anilines is 5. The highest BCUT2D eigenvalue weighted by Crippen LogP contribution is 2.40. The van der Waals surface area contributed by atoms with Gasteiger partial charge < -0.3 is 14.3 Å². The Kier molecular flexibility index (Phi) is 21.5. The van der Waals surface area contributed by atoms with Gasteiger partial charge in [-0.05, 0) is 149 Å². The van der Waals surface area contributed by atoms with Gasteiger partial charge >= 0.3 is 0 Å². The van der Waals surface area contributed by atoms with Crippen LogP contribution in [0.1, 0.15) is 190 Å². The summed E-state index contributed by atoms with van der Waals surface area (Å²) in [7, 11) is 1.78. The molecule has 3 aliphatic rings. The van der Waals surface area contributed by atoms with E-state index in [1.807, 2.05) is 112 Å². The van der Waals surface area contributed by atoms with E-state index in [0.29, 0.717) is 101 Å². The highest BCUT2D eigenvalue weighted by Gasteiger charge is 2.32. The first-order chi connectivity index (χ1) is 46.8. The van der Waals surface area contributed by atoms with E-state index >= 15 is 0 Å². The van der Waals surface area contributed by atoms with Gasteiger partial charge in [0.05, 0.1) is 11.9 Å². The lowest BCUT2D eigenvalue weighted by molar-refractivity contribution is -0.121. The molecule has 0 radical (unpaired) electrons. The number of carbonyl (C=O) groups excluding carboxylic acids is 4. The minimum absolute atomic E-state index is 0.0219. The fraction of sp³-hybridized carbons (Fsp3) is 0.528. The molecule has 27 nitrogen and oxygen atoms in total. The second kappa shape index (κ2) is 29.6. The Morgan fingerprint density at radius 2 is 1.01 bits per heavy atom. The van der Waals surface area contributed by atoms with Crippen LogP contribution in [0.3, 0.4) is 0 Å². The van der Waals surface area contributed by atoms with Crippen molar-refractivity contribution in [3.8, 4) is 11.7 Å². The summed E-state index contributed by atoms with van der Waals surface area (Å²) in [5.74, 6) is 5.18. The molecule has 3 fully saturated rings. The van der Waals surface area contributed by atoms with Gasteiger partial charge in [0.2, 0.25) is 53.3 Å². The minimum Gasteiger partial charge on any atom is -0.361 e. The van der Waals surface area contributed by atoms with Gasteiger partial charge in [-0.25, -0.2) is 44.0 Å². The predicted octanol–water partition coefficient (Wildman–Crippen LogP) is 14.3. The number of piperidine rings is 1. The molecule has 10 aromatic heterocycles. The van der Waals surface area contributed by atoms with Crippen molar-refractivity contribution in [1.82, 2.24) is 78.3 Å². The number of aryl methyl sites for hydroxylation is 4. The standard InChI is InChI=1S/C22H33N5O.C17H21N5O2.C17H21N5O.C16H21N7O/c1-15-10-12-26(13-11-15)18-9-8-17-20(24-18)27(16-6-5-7-16)21(23-17)25-19(28)14-22(2,3)4;1-10-6-7-12-15(18-10)22(14-8-11(2)21-24-14)16(19-12)20-13(23)9-17(3,4)5;1-10(2)11(3)16(23)21-17-19-13-8-9-14(18-4)20-15(13)22(17)12-6-5-7-12;1-10-6-7-11-14(17-10)23(12-9-22(5)21-20-12)15(18-11)19-13(24)8-16(2,3)4/h8-9,15-16H,5-7,10-14H2,1-4H3,(H,23,25,28);6-8H,9H2,1-5H3,(H,19,20,23);8-12H,5-7H2,1-3H3,(H,19,21,23);6-7,9H,8H2,1-5H3,(H,18,19,24)/t;;11-;/m..0./s1. The number of fused-ring (bicyclic) bond motifs is 4. The summed E-state index contributed by atoms with van der Waals surface area (Å²) < 4.78 is 14.5. The van der Waals surface area contributed by atoms with Crippen LogP contribution in [0.15, 0.2) is 65.3 Å². The zero-order chi connectivity index (χ0) is 71.4. The van der Waals surface area contributed by atoms with E-state index in [4.69, 9.17) is 21.1 Å². The first-order valence-corrected chi connectivity index (χ1v) is 34.4. The van der Waals surface area contributed by atoms with Crippen molar-refractivity contribution in [2.75, 3.05) is 39.3 Å². The van der Waals surface area contributed by atoms with Crippen LogP contribution in [0.5, 0.6) is 0 Å². The average molecular weight is 1350 g/mol. The maximum Gasteiger partial charge on any atom is 0.271 e. The summed E-state index contributed by atoms with van der Waals surface area (Å²) in [6.45, 7) is 41.5. The molecule has 27 heteroatoms. The zero-order valence-electron chi connectivity index (χ0n) is 60.4. The molecule has 11 heterocycles. The summed E-state index contributed by atoms with van der Waals surface area (Å²) in [5.41, 5.74) is 8.01. The van der Waals surface area contributed by atoms with E-state index in [-0.39, 0.29) is 51.7 Å². The number of hydrogen-bond acceptors (Lipinski definition) is 17. The maximum absolute atomic E-state index is 12.5. The molecule has 13 rings (SSSR count). The van der Waals surface area contributed by atoms with Crippen LogP contribution in [0.2, 0.25) is 0 Å². The Bertz CT molecular complexity index is 4450. The van der Waals surface area contributed by atoms with E-state index in [0.717, 1.165) is 84.3 Å².